The molecule has 0 fully saturated rings. The predicted octanol–water partition coefficient (Wildman–Crippen LogP) is 4.75. The normalized spacial score (nSPS) is 16.1. The molecule has 37 heavy (non-hydrogen) atoms. The lowest BCUT2D eigenvalue weighted by molar-refractivity contribution is -0.146. The summed E-state index contributed by atoms with van der Waals surface area (Å²) < 4.78 is 16.3. The lowest BCUT2D eigenvalue weighted by Crippen LogP contribution is -2.35. The van der Waals surface area contributed by atoms with Gasteiger partial charge in [-0.1, -0.05) is 53.6 Å². The van der Waals surface area contributed by atoms with Gasteiger partial charge in [-0.3, -0.25) is 24.0 Å². The van der Waals surface area contributed by atoms with E-state index in [1.807, 2.05) is 37.3 Å². The molecule has 10 heteroatoms. The van der Waals surface area contributed by atoms with Crippen LogP contribution in [0.4, 0.5) is 4.39 Å². The van der Waals surface area contributed by atoms with Gasteiger partial charge in [-0.05, 0) is 42.3 Å². The number of benzene rings is 2. The molecule has 2 unspecified atom stereocenters. The number of hydrogen-bond acceptors (Lipinski definition) is 4. The van der Waals surface area contributed by atoms with Crippen LogP contribution >= 0.6 is 11.6 Å². The molecule has 0 saturated carbocycles. The number of aryl methyl sites for hydroxylation is 1. The third kappa shape index (κ3) is 4.65. The predicted molar refractivity (Wildman–Crippen MR) is 138 cm³/mol. The van der Waals surface area contributed by atoms with Gasteiger partial charge >= 0.3 is 5.97 Å². The highest BCUT2D eigenvalue weighted by Crippen LogP contribution is 2.37. The van der Waals surface area contributed by atoms with Crippen LogP contribution in [0.2, 0.25) is 5.02 Å². The van der Waals surface area contributed by atoms with Crippen molar-refractivity contribution in [3.8, 4) is 11.1 Å². The number of amides is 1. The Labute approximate surface area is 215 Å². The summed E-state index contributed by atoms with van der Waals surface area (Å²) in [5.74, 6) is -2.51. The van der Waals surface area contributed by atoms with Crippen molar-refractivity contribution in [2.75, 3.05) is 0 Å². The van der Waals surface area contributed by atoms with Crippen LogP contribution in [0.1, 0.15) is 35.6 Å². The first kappa shape index (κ1) is 24.5. The number of rotatable bonds is 6. The van der Waals surface area contributed by atoms with E-state index in [-0.39, 0.29) is 17.7 Å². The molecule has 0 radical (unpaired) electrons. The molecule has 8 nitrogen and oxygen atoms in total. The zero-order valence-electron chi connectivity index (χ0n) is 19.7. The molecule has 1 amide bonds. The standard InChI is InChI=1S/C27H22ClFN4O4/c1-15-4-6-16(7-5-15)22-14-20(30-33(22)27(37)19(29)13-23(34)35)25-24(17-8-10-18(28)11-9-17)21-3-2-12-32(21)31-26(25)36/h2-12,19,22H,13-14H2,1H3,(H,31,36)(H,34,35). The van der Waals surface area contributed by atoms with E-state index in [2.05, 4.69) is 10.2 Å². The molecule has 3 heterocycles. The van der Waals surface area contributed by atoms with E-state index < -0.39 is 36.1 Å². The summed E-state index contributed by atoms with van der Waals surface area (Å²) in [4.78, 5) is 37.5. The maximum Gasteiger partial charge on any atom is 0.306 e. The van der Waals surface area contributed by atoms with Gasteiger partial charge < -0.3 is 5.11 Å². The molecule has 0 bridgehead atoms. The summed E-state index contributed by atoms with van der Waals surface area (Å²) in [5, 5.41) is 17.7. The summed E-state index contributed by atoms with van der Waals surface area (Å²) in [6.45, 7) is 1.92. The van der Waals surface area contributed by atoms with Gasteiger partial charge in [-0.15, -0.1) is 0 Å². The zero-order valence-corrected chi connectivity index (χ0v) is 20.4. The van der Waals surface area contributed by atoms with Crippen molar-refractivity contribution < 1.29 is 19.1 Å². The Balaban J connectivity index is 1.68. The Kier molecular flexibility index (Phi) is 6.39. The number of alkyl halides is 1. The van der Waals surface area contributed by atoms with Gasteiger partial charge in [0, 0.05) is 23.2 Å². The second kappa shape index (κ2) is 9.67. The van der Waals surface area contributed by atoms with Crippen LogP contribution < -0.4 is 5.56 Å². The minimum absolute atomic E-state index is 0.134. The number of halogens is 2. The van der Waals surface area contributed by atoms with Gasteiger partial charge in [0.1, 0.15) is 0 Å². The maximum absolute atomic E-state index is 14.7. The Morgan fingerprint density at radius 1 is 1.14 bits per heavy atom. The largest absolute Gasteiger partial charge is 0.481 e. The average molecular weight is 521 g/mol. The molecule has 0 aliphatic carbocycles. The number of hydrogen-bond donors (Lipinski definition) is 2. The van der Waals surface area contributed by atoms with Crippen LogP contribution in [0, 0.1) is 6.92 Å². The molecule has 2 aromatic heterocycles. The molecule has 1 aliphatic rings. The molecular formula is C27H22ClFN4O4. The first-order valence-electron chi connectivity index (χ1n) is 11.6. The first-order valence-corrected chi connectivity index (χ1v) is 11.9. The van der Waals surface area contributed by atoms with Gasteiger partial charge in [0.2, 0.25) is 0 Å². The van der Waals surface area contributed by atoms with E-state index in [0.717, 1.165) is 10.6 Å². The van der Waals surface area contributed by atoms with Crippen molar-refractivity contribution in [1.29, 1.82) is 0 Å². The van der Waals surface area contributed by atoms with Gasteiger partial charge in [-0.25, -0.2) is 9.40 Å². The number of aliphatic carboxylic acids is 1. The Morgan fingerprint density at radius 2 is 1.84 bits per heavy atom. The lowest BCUT2D eigenvalue weighted by atomic mass is 9.93. The maximum atomic E-state index is 14.7. The van der Waals surface area contributed by atoms with Crippen molar-refractivity contribution in [3.05, 3.63) is 98.9 Å². The van der Waals surface area contributed by atoms with Crippen molar-refractivity contribution in [1.82, 2.24) is 14.6 Å². The second-order valence-electron chi connectivity index (χ2n) is 8.89. The number of carboxylic acid groups (broad SMARTS) is 1. The molecule has 2 N–H and O–H groups in total. The van der Waals surface area contributed by atoms with Gasteiger partial charge in [0.05, 0.1) is 29.3 Å². The van der Waals surface area contributed by atoms with E-state index >= 15 is 0 Å². The second-order valence-corrected chi connectivity index (χ2v) is 9.32. The van der Waals surface area contributed by atoms with Crippen LogP contribution in [-0.2, 0) is 9.59 Å². The highest BCUT2D eigenvalue weighted by Gasteiger charge is 2.38. The number of nitrogens with one attached hydrogen (secondary N) is 1. The fourth-order valence-electron chi connectivity index (χ4n) is 4.57. The molecule has 4 aromatic rings. The zero-order chi connectivity index (χ0) is 26.3. The quantitative estimate of drug-likeness (QED) is 0.382. The fraction of sp³-hybridized carbons (Fsp3) is 0.185. The molecular weight excluding hydrogens is 499 g/mol. The van der Waals surface area contributed by atoms with Crippen molar-refractivity contribution >= 4 is 34.7 Å². The summed E-state index contributed by atoms with van der Waals surface area (Å²) in [6, 6.07) is 17.2. The summed E-state index contributed by atoms with van der Waals surface area (Å²) >= 11 is 6.09. The van der Waals surface area contributed by atoms with Crippen LogP contribution in [0.15, 0.2) is 76.8 Å². The molecule has 2 atom stereocenters. The van der Waals surface area contributed by atoms with E-state index in [9.17, 15) is 18.8 Å². The molecule has 0 saturated heterocycles. The summed E-state index contributed by atoms with van der Waals surface area (Å²) in [5.41, 5.74) is 3.78. The van der Waals surface area contributed by atoms with Crippen molar-refractivity contribution in [3.63, 3.8) is 0 Å². The smallest absolute Gasteiger partial charge is 0.306 e. The van der Waals surface area contributed by atoms with Crippen LogP contribution in [0.3, 0.4) is 0 Å². The lowest BCUT2D eigenvalue weighted by Gasteiger charge is -2.23. The van der Waals surface area contributed by atoms with E-state index in [4.69, 9.17) is 16.7 Å². The molecule has 188 valence electrons. The SMILES string of the molecule is Cc1ccc(C2CC(c3c(-c4ccc(Cl)cc4)c4cccn4[nH]c3=O)=NN2C(=O)C(F)CC(=O)O)cc1. The van der Waals surface area contributed by atoms with Crippen LogP contribution in [-0.4, -0.2) is 43.5 Å². The fourth-order valence-corrected chi connectivity index (χ4v) is 4.70. The number of fused-ring (bicyclic) bond motifs is 1. The number of carboxylic acids is 1. The van der Waals surface area contributed by atoms with Crippen LogP contribution in [0.5, 0.6) is 0 Å². The summed E-state index contributed by atoms with van der Waals surface area (Å²) in [7, 11) is 0. The Morgan fingerprint density at radius 3 is 2.51 bits per heavy atom. The monoisotopic (exact) mass is 520 g/mol. The number of aromatic amines is 1. The number of carbonyl (C=O) groups excluding carboxylic acids is 1. The van der Waals surface area contributed by atoms with Gasteiger partial charge in [-0.2, -0.15) is 5.10 Å². The molecule has 1 aliphatic heterocycles. The average Bonchev–Trinajstić information content (AvgIpc) is 3.50. The minimum Gasteiger partial charge on any atom is -0.481 e. The van der Waals surface area contributed by atoms with Gasteiger partial charge in [0.25, 0.3) is 11.5 Å². The highest BCUT2D eigenvalue weighted by molar-refractivity contribution is 6.30. The first-order chi connectivity index (χ1) is 17.7. The molecule has 0 spiro atoms. The number of hydrazone groups is 1. The number of nitrogens with zero attached hydrogens (tertiary/aromatic N) is 3. The number of aromatic nitrogens is 2. The number of H-pyrrole nitrogens is 1. The van der Waals surface area contributed by atoms with E-state index in [0.29, 0.717) is 27.2 Å². The van der Waals surface area contributed by atoms with Crippen molar-refractivity contribution in [2.45, 2.75) is 32.0 Å². The third-order valence-corrected chi connectivity index (χ3v) is 6.60. The van der Waals surface area contributed by atoms with Crippen molar-refractivity contribution in [2.24, 2.45) is 5.10 Å². The third-order valence-electron chi connectivity index (χ3n) is 6.35. The number of carbonyl (C=O) groups is 2. The Bertz CT molecular complexity index is 1590. The summed E-state index contributed by atoms with van der Waals surface area (Å²) in [6.07, 6.45) is -1.42. The minimum atomic E-state index is -2.28. The molecule has 5 rings (SSSR count). The Hall–Kier alpha value is -4.24. The topological polar surface area (TPSA) is 107 Å². The van der Waals surface area contributed by atoms with E-state index in [1.54, 1.807) is 41.0 Å². The van der Waals surface area contributed by atoms with E-state index in [1.165, 1.54) is 0 Å². The van der Waals surface area contributed by atoms with Crippen LogP contribution in [0.25, 0.3) is 16.6 Å². The highest BCUT2D eigenvalue weighted by atomic mass is 35.5. The van der Waals surface area contributed by atoms with Gasteiger partial charge in [0.15, 0.2) is 6.17 Å². The molecule has 2 aromatic carbocycles.